The lowest BCUT2D eigenvalue weighted by atomic mass is 9.99. The summed E-state index contributed by atoms with van der Waals surface area (Å²) in [5.74, 6) is 0. The SMILES string of the molecule is Cc1ccc(CCCc2ccc(-c3ccc(C)cc3)cc2)cc1. The minimum absolute atomic E-state index is 1.14. The van der Waals surface area contributed by atoms with Gasteiger partial charge in [-0.15, -0.1) is 0 Å². The van der Waals surface area contributed by atoms with Gasteiger partial charge in [0.25, 0.3) is 0 Å². The second-order valence-corrected chi connectivity index (χ2v) is 6.40. The quantitative estimate of drug-likeness (QED) is 0.530. The standard InChI is InChI=1S/C23H24/c1-18-6-10-20(11-7-18)4-3-5-21-12-16-23(17-13-21)22-14-8-19(2)9-15-22/h6-17H,3-5H2,1-2H3. The molecule has 0 aliphatic heterocycles. The number of hydrogen-bond acceptors (Lipinski definition) is 0. The Labute approximate surface area is 139 Å². The lowest BCUT2D eigenvalue weighted by molar-refractivity contribution is 0.820. The number of hydrogen-bond donors (Lipinski definition) is 0. The van der Waals surface area contributed by atoms with Crippen molar-refractivity contribution in [2.45, 2.75) is 33.1 Å². The van der Waals surface area contributed by atoms with Gasteiger partial charge in [-0.2, -0.15) is 0 Å². The van der Waals surface area contributed by atoms with Crippen LogP contribution in [-0.4, -0.2) is 0 Å². The molecular formula is C23H24. The van der Waals surface area contributed by atoms with Crippen LogP contribution in [0.1, 0.15) is 28.7 Å². The summed E-state index contributed by atoms with van der Waals surface area (Å²) >= 11 is 0. The molecule has 0 fully saturated rings. The van der Waals surface area contributed by atoms with Crippen molar-refractivity contribution < 1.29 is 0 Å². The van der Waals surface area contributed by atoms with Gasteiger partial charge in [-0.05, 0) is 55.4 Å². The molecule has 0 saturated heterocycles. The molecule has 0 spiro atoms. The molecule has 0 saturated carbocycles. The van der Waals surface area contributed by atoms with Crippen LogP contribution >= 0.6 is 0 Å². The summed E-state index contributed by atoms with van der Waals surface area (Å²) in [6.07, 6.45) is 3.50. The van der Waals surface area contributed by atoms with Crippen molar-refractivity contribution in [3.8, 4) is 11.1 Å². The van der Waals surface area contributed by atoms with Crippen molar-refractivity contribution in [3.63, 3.8) is 0 Å². The Morgan fingerprint density at radius 2 is 0.826 bits per heavy atom. The zero-order chi connectivity index (χ0) is 16.1. The molecule has 0 aliphatic carbocycles. The Kier molecular flexibility index (Phi) is 4.92. The molecule has 3 aromatic rings. The Bertz CT molecular complexity index is 732. The van der Waals surface area contributed by atoms with E-state index in [-0.39, 0.29) is 0 Å². The molecule has 0 heteroatoms. The van der Waals surface area contributed by atoms with Gasteiger partial charge in [-0.25, -0.2) is 0 Å². The first-order valence-corrected chi connectivity index (χ1v) is 8.42. The minimum Gasteiger partial charge on any atom is -0.0591 e. The minimum atomic E-state index is 1.14. The fraction of sp³-hybridized carbons (Fsp3) is 0.217. The van der Waals surface area contributed by atoms with E-state index < -0.39 is 0 Å². The van der Waals surface area contributed by atoms with E-state index in [1.165, 1.54) is 39.8 Å². The third kappa shape index (κ3) is 4.32. The van der Waals surface area contributed by atoms with Gasteiger partial charge in [0.05, 0.1) is 0 Å². The van der Waals surface area contributed by atoms with E-state index in [2.05, 4.69) is 86.6 Å². The molecule has 0 unspecified atom stereocenters. The highest BCUT2D eigenvalue weighted by molar-refractivity contribution is 5.63. The fourth-order valence-corrected chi connectivity index (χ4v) is 2.86. The van der Waals surface area contributed by atoms with Crippen LogP contribution in [0, 0.1) is 13.8 Å². The number of rotatable bonds is 5. The summed E-state index contributed by atoms with van der Waals surface area (Å²) in [4.78, 5) is 0. The Morgan fingerprint density at radius 3 is 1.30 bits per heavy atom. The van der Waals surface area contributed by atoms with Gasteiger partial charge in [0.15, 0.2) is 0 Å². The van der Waals surface area contributed by atoms with E-state index in [1.807, 2.05) is 0 Å². The monoisotopic (exact) mass is 300 g/mol. The first-order chi connectivity index (χ1) is 11.2. The van der Waals surface area contributed by atoms with Crippen molar-refractivity contribution in [3.05, 3.63) is 95.1 Å². The van der Waals surface area contributed by atoms with Crippen molar-refractivity contribution in [1.82, 2.24) is 0 Å². The van der Waals surface area contributed by atoms with Crippen molar-refractivity contribution in [2.75, 3.05) is 0 Å². The molecule has 0 amide bonds. The van der Waals surface area contributed by atoms with Crippen LogP contribution in [0.4, 0.5) is 0 Å². The van der Waals surface area contributed by atoms with Crippen molar-refractivity contribution in [1.29, 1.82) is 0 Å². The molecule has 116 valence electrons. The van der Waals surface area contributed by atoms with Crippen LogP contribution in [0.3, 0.4) is 0 Å². The van der Waals surface area contributed by atoms with E-state index in [1.54, 1.807) is 0 Å². The highest BCUT2D eigenvalue weighted by Gasteiger charge is 1.99. The zero-order valence-corrected chi connectivity index (χ0v) is 14.0. The van der Waals surface area contributed by atoms with Crippen molar-refractivity contribution >= 4 is 0 Å². The first-order valence-electron chi connectivity index (χ1n) is 8.42. The highest BCUT2D eigenvalue weighted by Crippen LogP contribution is 2.21. The third-order valence-electron chi connectivity index (χ3n) is 4.39. The van der Waals surface area contributed by atoms with Crippen LogP contribution in [-0.2, 0) is 12.8 Å². The van der Waals surface area contributed by atoms with Gasteiger partial charge in [0.2, 0.25) is 0 Å². The largest absolute Gasteiger partial charge is 0.0591 e. The Balaban J connectivity index is 1.57. The summed E-state index contributed by atoms with van der Waals surface area (Å²) in [6, 6.07) is 26.6. The van der Waals surface area contributed by atoms with E-state index in [0.29, 0.717) is 0 Å². The van der Waals surface area contributed by atoms with Gasteiger partial charge in [0, 0.05) is 0 Å². The normalized spacial score (nSPS) is 10.7. The highest BCUT2D eigenvalue weighted by atomic mass is 14.0. The average molecular weight is 300 g/mol. The van der Waals surface area contributed by atoms with Crippen LogP contribution < -0.4 is 0 Å². The Hall–Kier alpha value is -2.34. The average Bonchev–Trinajstić information content (AvgIpc) is 2.58. The van der Waals surface area contributed by atoms with Crippen LogP contribution in [0.2, 0.25) is 0 Å². The molecule has 3 rings (SSSR count). The maximum atomic E-state index is 2.27. The van der Waals surface area contributed by atoms with E-state index in [0.717, 1.165) is 12.8 Å². The third-order valence-corrected chi connectivity index (χ3v) is 4.39. The molecule has 0 atom stereocenters. The Morgan fingerprint density at radius 1 is 0.478 bits per heavy atom. The van der Waals surface area contributed by atoms with Crippen LogP contribution in [0.25, 0.3) is 11.1 Å². The van der Waals surface area contributed by atoms with Crippen molar-refractivity contribution in [2.24, 2.45) is 0 Å². The lowest BCUT2D eigenvalue weighted by Crippen LogP contribution is -1.90. The summed E-state index contributed by atoms with van der Waals surface area (Å²) in [5.41, 5.74) is 8.09. The number of benzene rings is 3. The smallest absolute Gasteiger partial charge is 0.0184 e. The molecule has 0 aromatic heterocycles. The predicted molar refractivity (Wildman–Crippen MR) is 99.8 cm³/mol. The molecule has 0 radical (unpaired) electrons. The molecule has 0 heterocycles. The first kappa shape index (κ1) is 15.6. The predicted octanol–water partition coefficient (Wildman–Crippen LogP) is 6.15. The summed E-state index contributed by atoms with van der Waals surface area (Å²) < 4.78 is 0. The topological polar surface area (TPSA) is 0 Å². The van der Waals surface area contributed by atoms with Gasteiger partial charge < -0.3 is 0 Å². The molecule has 0 N–H and O–H groups in total. The second kappa shape index (κ2) is 7.28. The van der Waals surface area contributed by atoms with Crippen LogP contribution in [0.5, 0.6) is 0 Å². The molecule has 0 bridgehead atoms. The lowest BCUT2D eigenvalue weighted by Gasteiger charge is -2.06. The molecule has 3 aromatic carbocycles. The van der Waals surface area contributed by atoms with Crippen LogP contribution in [0.15, 0.2) is 72.8 Å². The van der Waals surface area contributed by atoms with Gasteiger partial charge in [-0.1, -0.05) is 83.9 Å². The summed E-state index contributed by atoms with van der Waals surface area (Å²) in [6.45, 7) is 4.26. The molecule has 0 nitrogen and oxygen atoms in total. The van der Waals surface area contributed by atoms with Gasteiger partial charge in [0.1, 0.15) is 0 Å². The molecule has 23 heavy (non-hydrogen) atoms. The van der Waals surface area contributed by atoms with Gasteiger partial charge in [-0.3, -0.25) is 0 Å². The maximum absolute atomic E-state index is 2.27. The van der Waals surface area contributed by atoms with E-state index in [9.17, 15) is 0 Å². The number of aryl methyl sites for hydroxylation is 4. The molecule has 0 aliphatic rings. The summed E-state index contributed by atoms with van der Waals surface area (Å²) in [5, 5.41) is 0. The maximum Gasteiger partial charge on any atom is -0.0184 e. The summed E-state index contributed by atoms with van der Waals surface area (Å²) in [7, 11) is 0. The molecular weight excluding hydrogens is 276 g/mol. The zero-order valence-electron chi connectivity index (χ0n) is 14.0. The fourth-order valence-electron chi connectivity index (χ4n) is 2.86. The van der Waals surface area contributed by atoms with E-state index in [4.69, 9.17) is 0 Å². The van der Waals surface area contributed by atoms with Gasteiger partial charge >= 0.3 is 0 Å². The second-order valence-electron chi connectivity index (χ2n) is 6.40. The van der Waals surface area contributed by atoms with E-state index >= 15 is 0 Å².